The molecule has 0 amide bonds. The lowest BCUT2D eigenvalue weighted by Crippen LogP contribution is -2.11. The van der Waals surface area contributed by atoms with Gasteiger partial charge in [-0.1, -0.05) is 23.2 Å². The molecular formula is C16H12Cl2N2O2S2. The van der Waals surface area contributed by atoms with Crippen LogP contribution in [-0.2, 0) is 10.0 Å². The van der Waals surface area contributed by atoms with Gasteiger partial charge in [0.2, 0.25) is 0 Å². The van der Waals surface area contributed by atoms with E-state index < -0.39 is 10.0 Å². The molecule has 2 aromatic carbocycles. The number of sulfonamides is 1. The highest BCUT2D eigenvalue weighted by molar-refractivity contribution is 7.94. The molecule has 0 aliphatic rings. The summed E-state index contributed by atoms with van der Waals surface area (Å²) in [5.41, 5.74) is 2.20. The van der Waals surface area contributed by atoms with Crippen LogP contribution in [0.3, 0.4) is 0 Å². The third kappa shape index (κ3) is 4.21. The standard InChI is InChI=1S/C16H12Cl2N2O2S2/c17-11-1-3-12(4-2-11)19-13-5-7-14(8-6-13)20-24(21,22)16-10-9-15(18)23-16/h1-10,19-20H. The zero-order valence-corrected chi connectivity index (χ0v) is 15.3. The van der Waals surface area contributed by atoms with Gasteiger partial charge in [-0.15, -0.1) is 11.3 Å². The lowest BCUT2D eigenvalue weighted by molar-refractivity contribution is 0.603. The van der Waals surface area contributed by atoms with Crippen LogP contribution in [0.25, 0.3) is 0 Å². The maximum Gasteiger partial charge on any atom is 0.271 e. The van der Waals surface area contributed by atoms with Crippen molar-refractivity contribution in [3.05, 3.63) is 70.0 Å². The molecule has 0 atom stereocenters. The van der Waals surface area contributed by atoms with E-state index in [-0.39, 0.29) is 4.21 Å². The number of nitrogens with one attached hydrogen (secondary N) is 2. The van der Waals surface area contributed by atoms with E-state index in [4.69, 9.17) is 23.2 Å². The number of hydrogen-bond acceptors (Lipinski definition) is 4. The number of benzene rings is 2. The van der Waals surface area contributed by atoms with Crippen LogP contribution in [0.15, 0.2) is 64.9 Å². The summed E-state index contributed by atoms with van der Waals surface area (Å²) in [5.74, 6) is 0. The number of rotatable bonds is 5. The van der Waals surface area contributed by atoms with Gasteiger partial charge < -0.3 is 5.32 Å². The van der Waals surface area contributed by atoms with Gasteiger partial charge in [0.1, 0.15) is 4.21 Å². The molecule has 0 radical (unpaired) electrons. The average molecular weight is 399 g/mol. The first-order valence-corrected chi connectivity index (χ1v) is 9.89. The third-order valence-corrected chi connectivity index (χ3v) is 6.44. The fraction of sp³-hybridized carbons (Fsp3) is 0. The lowest BCUT2D eigenvalue weighted by Gasteiger charge is -2.09. The van der Waals surface area contributed by atoms with Crippen molar-refractivity contribution in [1.82, 2.24) is 0 Å². The number of halogens is 2. The molecule has 0 saturated heterocycles. The molecule has 1 aromatic heterocycles. The van der Waals surface area contributed by atoms with Crippen molar-refractivity contribution in [2.45, 2.75) is 4.21 Å². The molecule has 0 saturated carbocycles. The molecule has 1 heterocycles. The monoisotopic (exact) mass is 398 g/mol. The molecule has 3 aromatic rings. The summed E-state index contributed by atoms with van der Waals surface area (Å²) in [4.78, 5) is 0. The van der Waals surface area contributed by atoms with Crippen molar-refractivity contribution in [2.75, 3.05) is 10.0 Å². The van der Waals surface area contributed by atoms with Gasteiger partial charge in [-0.3, -0.25) is 4.72 Å². The SMILES string of the molecule is O=S(=O)(Nc1ccc(Nc2ccc(Cl)cc2)cc1)c1ccc(Cl)s1. The molecule has 0 fully saturated rings. The van der Waals surface area contributed by atoms with Crippen LogP contribution < -0.4 is 10.0 Å². The van der Waals surface area contributed by atoms with Gasteiger partial charge in [0.05, 0.1) is 4.34 Å². The molecule has 3 rings (SSSR count). The van der Waals surface area contributed by atoms with Crippen molar-refractivity contribution in [3.8, 4) is 0 Å². The second-order valence-corrected chi connectivity index (χ2v) is 8.93. The summed E-state index contributed by atoms with van der Waals surface area (Å²) < 4.78 is 27.6. The van der Waals surface area contributed by atoms with Crippen LogP contribution in [0, 0.1) is 0 Å². The van der Waals surface area contributed by atoms with Gasteiger partial charge in [0, 0.05) is 22.1 Å². The highest BCUT2D eigenvalue weighted by Gasteiger charge is 2.16. The van der Waals surface area contributed by atoms with E-state index >= 15 is 0 Å². The molecule has 2 N–H and O–H groups in total. The van der Waals surface area contributed by atoms with Crippen molar-refractivity contribution >= 4 is 61.6 Å². The Balaban J connectivity index is 1.71. The van der Waals surface area contributed by atoms with Gasteiger partial charge in [-0.25, -0.2) is 8.42 Å². The predicted molar refractivity (Wildman–Crippen MR) is 101 cm³/mol. The summed E-state index contributed by atoms with van der Waals surface area (Å²) in [6.45, 7) is 0. The zero-order valence-electron chi connectivity index (χ0n) is 12.2. The maximum absolute atomic E-state index is 12.2. The predicted octanol–water partition coefficient (Wildman–Crippen LogP) is 5.60. The largest absolute Gasteiger partial charge is 0.356 e. The van der Waals surface area contributed by atoms with Crippen LogP contribution in [-0.4, -0.2) is 8.42 Å². The summed E-state index contributed by atoms with van der Waals surface area (Å²) >= 11 is 12.6. The van der Waals surface area contributed by atoms with Gasteiger partial charge in [0.25, 0.3) is 10.0 Å². The Hall–Kier alpha value is -1.73. The molecule has 0 bridgehead atoms. The number of hydrogen-bond donors (Lipinski definition) is 2. The van der Waals surface area contributed by atoms with E-state index in [2.05, 4.69) is 10.0 Å². The zero-order chi connectivity index (χ0) is 17.2. The molecule has 124 valence electrons. The third-order valence-electron chi connectivity index (χ3n) is 3.08. The Morgan fingerprint density at radius 2 is 1.29 bits per heavy atom. The van der Waals surface area contributed by atoms with Crippen LogP contribution >= 0.6 is 34.5 Å². The van der Waals surface area contributed by atoms with Gasteiger partial charge in [-0.2, -0.15) is 0 Å². The van der Waals surface area contributed by atoms with Gasteiger partial charge in [-0.05, 0) is 60.7 Å². The van der Waals surface area contributed by atoms with E-state index in [9.17, 15) is 8.42 Å². The highest BCUT2D eigenvalue weighted by atomic mass is 35.5. The molecule has 24 heavy (non-hydrogen) atoms. The van der Waals surface area contributed by atoms with Crippen LogP contribution in [0.1, 0.15) is 0 Å². The van der Waals surface area contributed by atoms with E-state index in [1.54, 1.807) is 42.5 Å². The molecule has 8 heteroatoms. The second-order valence-electron chi connectivity index (χ2n) is 4.87. The fourth-order valence-electron chi connectivity index (χ4n) is 1.97. The van der Waals surface area contributed by atoms with Gasteiger partial charge in [0.15, 0.2) is 0 Å². The van der Waals surface area contributed by atoms with E-state index in [0.717, 1.165) is 22.7 Å². The molecule has 0 unspecified atom stereocenters. The Morgan fingerprint density at radius 3 is 1.83 bits per heavy atom. The summed E-state index contributed by atoms with van der Waals surface area (Å²) in [6, 6.07) is 17.3. The number of thiophene rings is 1. The van der Waals surface area contributed by atoms with Crippen molar-refractivity contribution in [3.63, 3.8) is 0 Å². The number of anilines is 3. The smallest absolute Gasteiger partial charge is 0.271 e. The summed E-state index contributed by atoms with van der Waals surface area (Å²) in [6.07, 6.45) is 0. The van der Waals surface area contributed by atoms with Crippen molar-refractivity contribution in [1.29, 1.82) is 0 Å². The maximum atomic E-state index is 12.2. The van der Waals surface area contributed by atoms with Crippen LogP contribution in [0.4, 0.5) is 17.1 Å². The Kier molecular flexibility index (Phi) is 5.01. The molecule has 0 aliphatic carbocycles. The normalized spacial score (nSPS) is 11.2. The first-order valence-electron chi connectivity index (χ1n) is 6.83. The van der Waals surface area contributed by atoms with Crippen molar-refractivity contribution in [2.24, 2.45) is 0 Å². The quantitative estimate of drug-likeness (QED) is 0.587. The Labute approximate surface area is 154 Å². The topological polar surface area (TPSA) is 58.2 Å². The van der Waals surface area contributed by atoms with E-state index in [0.29, 0.717) is 15.0 Å². The minimum atomic E-state index is -3.62. The van der Waals surface area contributed by atoms with Crippen molar-refractivity contribution < 1.29 is 8.42 Å². The first kappa shape index (κ1) is 17.1. The summed E-state index contributed by atoms with van der Waals surface area (Å²) in [7, 11) is -3.62. The minimum Gasteiger partial charge on any atom is -0.356 e. The Morgan fingerprint density at radius 1 is 0.750 bits per heavy atom. The highest BCUT2D eigenvalue weighted by Crippen LogP contribution is 2.28. The van der Waals surface area contributed by atoms with Crippen LogP contribution in [0.5, 0.6) is 0 Å². The molecule has 0 spiro atoms. The van der Waals surface area contributed by atoms with Gasteiger partial charge >= 0.3 is 0 Å². The first-order chi connectivity index (χ1) is 11.4. The fourth-order valence-corrected chi connectivity index (χ4v) is 4.64. The lowest BCUT2D eigenvalue weighted by atomic mass is 10.2. The second kappa shape index (κ2) is 7.03. The molecule has 4 nitrogen and oxygen atoms in total. The molecule has 0 aliphatic heterocycles. The van der Waals surface area contributed by atoms with E-state index in [1.165, 1.54) is 6.07 Å². The van der Waals surface area contributed by atoms with Crippen LogP contribution in [0.2, 0.25) is 9.36 Å². The average Bonchev–Trinajstić information content (AvgIpc) is 2.99. The summed E-state index contributed by atoms with van der Waals surface area (Å²) in [5, 5.41) is 3.87. The molecular weight excluding hydrogens is 387 g/mol. The minimum absolute atomic E-state index is 0.177. The Bertz CT molecular complexity index is 937. The van der Waals surface area contributed by atoms with E-state index in [1.807, 2.05) is 12.1 Å².